The van der Waals surface area contributed by atoms with Crippen LogP contribution >= 0.6 is 0 Å². The smallest absolute Gasteiger partial charge is 0.216 e. The summed E-state index contributed by atoms with van der Waals surface area (Å²) in [5, 5.41) is 9.31. The number of hydrogen-bond donors (Lipinski definition) is 0. The lowest BCUT2D eigenvalue weighted by atomic mass is 9.96. The highest BCUT2D eigenvalue weighted by Crippen LogP contribution is 2.30. The Balaban J connectivity index is 1.90. The summed E-state index contributed by atoms with van der Waals surface area (Å²) in [4.78, 5) is 0. The maximum absolute atomic E-state index is 12.5. The van der Waals surface area contributed by atoms with E-state index in [1.165, 1.54) is 0 Å². The molecule has 1 aliphatic carbocycles. The maximum Gasteiger partial charge on any atom is 0.216 e. The van der Waals surface area contributed by atoms with Crippen molar-refractivity contribution in [3.05, 3.63) is 0 Å². The molecule has 2 rings (SSSR count). The highest BCUT2D eigenvalue weighted by molar-refractivity contribution is 7.89. The average molecular weight is 330 g/mol. The highest BCUT2D eigenvalue weighted by Gasteiger charge is 2.38. The van der Waals surface area contributed by atoms with Crippen LogP contribution in [-0.2, 0) is 19.5 Å². The zero-order valence-electron chi connectivity index (χ0n) is 13.5. The first-order valence-electron chi connectivity index (χ1n) is 8.01. The van der Waals surface area contributed by atoms with E-state index in [9.17, 15) is 13.7 Å². The van der Waals surface area contributed by atoms with Crippen LogP contribution in [0.1, 0.15) is 39.5 Å². The summed E-state index contributed by atoms with van der Waals surface area (Å²) in [7, 11) is -3.32. The normalized spacial score (nSPS) is 22.0. The van der Waals surface area contributed by atoms with E-state index in [1.807, 2.05) is 13.8 Å². The highest BCUT2D eigenvalue weighted by atomic mass is 32.2. The second-order valence-corrected chi connectivity index (χ2v) is 8.62. The van der Waals surface area contributed by atoms with Gasteiger partial charge in [0.15, 0.2) is 5.60 Å². The largest absolute Gasteiger partial charge is 0.381 e. The Morgan fingerprint density at radius 3 is 2.50 bits per heavy atom. The van der Waals surface area contributed by atoms with Gasteiger partial charge in [-0.1, -0.05) is 13.8 Å². The van der Waals surface area contributed by atoms with Crippen molar-refractivity contribution < 1.29 is 17.9 Å². The van der Waals surface area contributed by atoms with E-state index < -0.39 is 15.6 Å². The molecule has 2 aliphatic rings. The summed E-state index contributed by atoms with van der Waals surface area (Å²) >= 11 is 0. The summed E-state index contributed by atoms with van der Waals surface area (Å²) < 4.78 is 37.6. The second-order valence-electron chi connectivity index (χ2n) is 6.58. The van der Waals surface area contributed by atoms with Gasteiger partial charge in [-0.15, -0.1) is 0 Å². The minimum absolute atomic E-state index is 0.0551. The van der Waals surface area contributed by atoms with E-state index in [1.54, 1.807) is 4.31 Å². The lowest BCUT2D eigenvalue weighted by Crippen LogP contribution is -2.42. The molecule has 22 heavy (non-hydrogen) atoms. The third kappa shape index (κ3) is 4.66. The average Bonchev–Trinajstić information content (AvgIpc) is 3.30. The monoisotopic (exact) mass is 330 g/mol. The Morgan fingerprint density at radius 1 is 1.36 bits per heavy atom. The van der Waals surface area contributed by atoms with Crippen molar-refractivity contribution in [1.82, 2.24) is 4.31 Å². The fraction of sp³-hybridized carbons (Fsp3) is 0.933. The molecule has 0 amide bonds. The van der Waals surface area contributed by atoms with Crippen molar-refractivity contribution in [2.45, 2.75) is 51.2 Å². The SMILES string of the molecule is CC(C)CN(C1CC1)S(=O)(=O)CCOC1(C#N)CCOCC1. The van der Waals surface area contributed by atoms with Gasteiger partial charge in [0.05, 0.1) is 31.6 Å². The summed E-state index contributed by atoms with van der Waals surface area (Å²) in [5.41, 5.74) is -0.879. The molecule has 0 atom stereocenters. The number of hydrogen-bond acceptors (Lipinski definition) is 5. The number of ether oxygens (including phenoxy) is 2. The van der Waals surface area contributed by atoms with Crippen LogP contribution in [0.5, 0.6) is 0 Å². The van der Waals surface area contributed by atoms with Crippen molar-refractivity contribution in [3.8, 4) is 6.07 Å². The molecule has 0 bridgehead atoms. The second kappa shape index (κ2) is 7.26. The van der Waals surface area contributed by atoms with Gasteiger partial charge in [-0.25, -0.2) is 8.42 Å². The summed E-state index contributed by atoms with van der Waals surface area (Å²) in [5.74, 6) is 0.248. The molecule has 0 N–H and O–H groups in total. The van der Waals surface area contributed by atoms with Gasteiger partial charge in [-0.3, -0.25) is 0 Å². The topological polar surface area (TPSA) is 79.6 Å². The van der Waals surface area contributed by atoms with Gasteiger partial charge in [0.25, 0.3) is 0 Å². The minimum Gasteiger partial charge on any atom is -0.381 e. The van der Waals surface area contributed by atoms with Crippen molar-refractivity contribution in [2.75, 3.05) is 32.1 Å². The molecule has 0 radical (unpaired) electrons. The molecule has 1 saturated heterocycles. The van der Waals surface area contributed by atoms with Crippen LogP contribution in [0.25, 0.3) is 0 Å². The molecular formula is C15H26N2O4S. The zero-order chi connectivity index (χ0) is 16.2. The Bertz CT molecular complexity index is 502. The summed E-state index contributed by atoms with van der Waals surface area (Å²) in [6.45, 7) is 5.65. The molecule has 0 spiro atoms. The third-order valence-electron chi connectivity index (χ3n) is 4.08. The Morgan fingerprint density at radius 2 is 2.00 bits per heavy atom. The fourth-order valence-corrected chi connectivity index (χ4v) is 4.38. The molecule has 1 heterocycles. The Kier molecular flexibility index (Phi) is 5.83. The molecule has 0 aromatic carbocycles. The van der Waals surface area contributed by atoms with Gasteiger partial charge in [0.2, 0.25) is 10.0 Å². The third-order valence-corrected chi connectivity index (χ3v) is 5.92. The number of nitrogens with zero attached hydrogens (tertiary/aromatic N) is 2. The van der Waals surface area contributed by atoms with E-state index in [0.717, 1.165) is 12.8 Å². The van der Waals surface area contributed by atoms with E-state index in [0.29, 0.717) is 38.5 Å². The first-order chi connectivity index (χ1) is 10.4. The van der Waals surface area contributed by atoms with Gasteiger partial charge in [0.1, 0.15) is 0 Å². The Hall–Kier alpha value is -0.680. The summed E-state index contributed by atoms with van der Waals surface area (Å²) in [6.07, 6.45) is 2.91. The van der Waals surface area contributed by atoms with Crippen LogP contribution in [-0.4, -0.2) is 56.5 Å². The minimum atomic E-state index is -3.32. The zero-order valence-corrected chi connectivity index (χ0v) is 14.3. The lowest BCUT2D eigenvalue weighted by Gasteiger charge is -2.31. The Labute approximate surface area is 133 Å². The van der Waals surface area contributed by atoms with E-state index in [2.05, 4.69) is 6.07 Å². The summed E-state index contributed by atoms with van der Waals surface area (Å²) in [6, 6.07) is 2.36. The first-order valence-corrected chi connectivity index (χ1v) is 9.62. The molecule has 1 aliphatic heterocycles. The van der Waals surface area contributed by atoms with Gasteiger partial charge in [-0.05, 0) is 18.8 Å². The molecular weight excluding hydrogens is 304 g/mol. The predicted molar refractivity (Wildman–Crippen MR) is 82.7 cm³/mol. The first kappa shape index (κ1) is 17.7. The molecule has 0 unspecified atom stereocenters. The molecule has 0 aromatic rings. The van der Waals surface area contributed by atoms with Crippen LogP contribution in [0.4, 0.5) is 0 Å². The van der Waals surface area contributed by atoms with Crippen LogP contribution in [0.15, 0.2) is 0 Å². The van der Waals surface area contributed by atoms with Crippen molar-refractivity contribution in [1.29, 1.82) is 5.26 Å². The van der Waals surface area contributed by atoms with Crippen molar-refractivity contribution >= 4 is 10.0 Å². The fourth-order valence-electron chi connectivity index (χ4n) is 2.66. The van der Waals surface area contributed by atoms with Gasteiger partial charge in [0, 0.05) is 25.4 Å². The number of rotatable bonds is 8. The van der Waals surface area contributed by atoms with Crippen molar-refractivity contribution in [3.63, 3.8) is 0 Å². The van der Waals surface area contributed by atoms with Crippen LogP contribution < -0.4 is 0 Å². The number of nitriles is 1. The van der Waals surface area contributed by atoms with Crippen LogP contribution in [0.2, 0.25) is 0 Å². The quantitative estimate of drug-likeness (QED) is 0.674. The molecule has 1 saturated carbocycles. The molecule has 2 fully saturated rings. The number of sulfonamides is 1. The van der Waals surface area contributed by atoms with E-state index >= 15 is 0 Å². The van der Waals surface area contributed by atoms with E-state index in [4.69, 9.17) is 9.47 Å². The molecule has 6 nitrogen and oxygen atoms in total. The van der Waals surface area contributed by atoms with Gasteiger partial charge in [-0.2, -0.15) is 9.57 Å². The van der Waals surface area contributed by atoms with Gasteiger partial charge >= 0.3 is 0 Å². The molecule has 0 aromatic heterocycles. The van der Waals surface area contributed by atoms with Crippen LogP contribution in [0.3, 0.4) is 0 Å². The molecule has 126 valence electrons. The van der Waals surface area contributed by atoms with Gasteiger partial charge < -0.3 is 9.47 Å². The standard InChI is InChI=1S/C15H26N2O4S/c1-13(2)11-17(14-3-4-14)22(18,19)10-9-21-15(12-16)5-7-20-8-6-15/h13-14H,3-11H2,1-2H3. The lowest BCUT2D eigenvalue weighted by molar-refractivity contribution is -0.0710. The molecule has 7 heteroatoms. The van der Waals surface area contributed by atoms with E-state index in [-0.39, 0.29) is 18.4 Å². The maximum atomic E-state index is 12.5. The van der Waals surface area contributed by atoms with Crippen molar-refractivity contribution in [2.24, 2.45) is 5.92 Å². The van der Waals surface area contributed by atoms with Crippen LogP contribution in [0, 0.1) is 17.2 Å². The predicted octanol–water partition coefficient (Wildman–Crippen LogP) is 1.53.